The van der Waals surface area contributed by atoms with Gasteiger partial charge in [-0.05, 0) is 65.1 Å². The van der Waals surface area contributed by atoms with Crippen LogP contribution >= 0.6 is 0 Å². The first-order valence-corrected chi connectivity index (χ1v) is 11.3. The Kier molecular flexibility index (Phi) is 7.16. The SMILES string of the molecule is CC(C)(C)CC(c1ccc(OC(=O)COc2ccc3oc(=O)c(C#N)cc3c2)cc1)C(C)(C)C. The number of hydrogen-bond donors (Lipinski definition) is 0. The molecule has 6 nitrogen and oxygen atoms in total. The standard InChI is InChI=1S/C28H31NO5/c1-27(2,3)15-23(28(4,5)6)18-7-9-21(10-8-18)33-25(30)17-32-22-11-12-24-19(14-22)13-20(16-29)26(31)34-24/h7-14,23H,15,17H2,1-6H3. The van der Waals surface area contributed by atoms with E-state index >= 15 is 0 Å². The number of rotatable bonds is 6. The highest BCUT2D eigenvalue weighted by Gasteiger charge is 2.30. The number of carbonyl (C=O) groups is 1. The van der Waals surface area contributed by atoms with Gasteiger partial charge in [0.05, 0.1) is 0 Å². The average molecular weight is 462 g/mol. The van der Waals surface area contributed by atoms with Crippen molar-refractivity contribution in [2.75, 3.05) is 6.61 Å². The van der Waals surface area contributed by atoms with Crippen LogP contribution in [-0.4, -0.2) is 12.6 Å². The van der Waals surface area contributed by atoms with Gasteiger partial charge in [0.15, 0.2) is 6.61 Å². The molecule has 0 N–H and O–H groups in total. The second-order valence-electron chi connectivity index (χ2n) is 10.8. The van der Waals surface area contributed by atoms with Crippen LogP contribution in [0, 0.1) is 22.2 Å². The minimum absolute atomic E-state index is 0.0938. The van der Waals surface area contributed by atoms with Gasteiger partial charge >= 0.3 is 11.6 Å². The molecule has 1 unspecified atom stereocenters. The van der Waals surface area contributed by atoms with Gasteiger partial charge in [-0.3, -0.25) is 0 Å². The summed E-state index contributed by atoms with van der Waals surface area (Å²) in [5, 5.41) is 9.53. The Morgan fingerprint density at radius 2 is 1.65 bits per heavy atom. The molecule has 3 rings (SSSR count). The van der Waals surface area contributed by atoms with Crippen molar-refractivity contribution in [1.29, 1.82) is 5.26 Å². The van der Waals surface area contributed by atoms with E-state index in [1.54, 1.807) is 24.3 Å². The van der Waals surface area contributed by atoms with Crippen LogP contribution < -0.4 is 15.1 Å². The third-order valence-electron chi connectivity index (χ3n) is 5.56. The molecule has 0 saturated heterocycles. The smallest absolute Gasteiger partial charge is 0.354 e. The van der Waals surface area contributed by atoms with Crippen molar-refractivity contribution in [1.82, 2.24) is 0 Å². The summed E-state index contributed by atoms with van der Waals surface area (Å²) in [4.78, 5) is 23.9. The van der Waals surface area contributed by atoms with Gasteiger partial charge in [0, 0.05) is 5.39 Å². The lowest BCUT2D eigenvalue weighted by atomic mass is 9.69. The molecule has 34 heavy (non-hydrogen) atoms. The molecule has 0 aliphatic heterocycles. The highest BCUT2D eigenvalue weighted by molar-refractivity contribution is 5.79. The topological polar surface area (TPSA) is 89.5 Å². The normalized spacial score (nSPS) is 12.7. The van der Waals surface area contributed by atoms with Crippen molar-refractivity contribution in [3.63, 3.8) is 0 Å². The molecule has 0 saturated carbocycles. The molecule has 3 aromatic rings. The van der Waals surface area contributed by atoms with Crippen molar-refractivity contribution in [3.8, 4) is 17.6 Å². The highest BCUT2D eigenvalue weighted by atomic mass is 16.6. The molecule has 1 heterocycles. The van der Waals surface area contributed by atoms with Gasteiger partial charge in [0.1, 0.15) is 28.7 Å². The largest absolute Gasteiger partial charge is 0.482 e. The third kappa shape index (κ3) is 6.48. The first-order chi connectivity index (χ1) is 15.9. The number of carbonyl (C=O) groups excluding carboxylic acids is 1. The minimum atomic E-state index is -0.689. The molecule has 0 radical (unpaired) electrons. The van der Waals surface area contributed by atoms with Crippen LogP contribution in [0.4, 0.5) is 0 Å². The van der Waals surface area contributed by atoms with E-state index in [-0.39, 0.29) is 23.0 Å². The van der Waals surface area contributed by atoms with Crippen LogP contribution in [0.3, 0.4) is 0 Å². The molecule has 2 aromatic carbocycles. The summed E-state index contributed by atoms with van der Waals surface area (Å²) >= 11 is 0. The van der Waals surface area contributed by atoms with E-state index in [4.69, 9.17) is 19.2 Å². The monoisotopic (exact) mass is 461 g/mol. The average Bonchev–Trinajstić information content (AvgIpc) is 2.75. The number of nitriles is 1. The quantitative estimate of drug-likeness (QED) is 0.246. The maximum Gasteiger partial charge on any atom is 0.354 e. The number of hydrogen-bond acceptors (Lipinski definition) is 6. The lowest BCUT2D eigenvalue weighted by Crippen LogP contribution is -2.23. The van der Waals surface area contributed by atoms with Crippen LogP contribution in [0.15, 0.2) is 57.7 Å². The summed E-state index contributed by atoms with van der Waals surface area (Å²) in [6.45, 7) is 13.2. The minimum Gasteiger partial charge on any atom is -0.482 e. The molecule has 0 amide bonds. The van der Waals surface area contributed by atoms with Crippen LogP contribution in [0.1, 0.15) is 65.0 Å². The van der Waals surface area contributed by atoms with E-state index < -0.39 is 11.6 Å². The van der Waals surface area contributed by atoms with Crippen molar-refractivity contribution < 1.29 is 18.7 Å². The Labute approximate surface area is 200 Å². The zero-order chi connectivity index (χ0) is 25.1. The van der Waals surface area contributed by atoms with Crippen molar-refractivity contribution in [2.45, 2.75) is 53.9 Å². The Morgan fingerprint density at radius 1 is 1.00 bits per heavy atom. The van der Waals surface area contributed by atoms with Gasteiger partial charge in [0.25, 0.3) is 0 Å². The Bertz CT molecular complexity index is 1270. The summed E-state index contributed by atoms with van der Waals surface area (Å²) in [5.41, 5.74) is 1.08. The number of esters is 1. The number of nitrogens with zero attached hydrogens (tertiary/aromatic N) is 1. The molecule has 0 aliphatic rings. The molecule has 0 fully saturated rings. The van der Waals surface area contributed by atoms with E-state index in [0.717, 1.165) is 6.42 Å². The fourth-order valence-electron chi connectivity index (χ4n) is 3.88. The maximum absolute atomic E-state index is 12.3. The zero-order valence-corrected chi connectivity index (χ0v) is 20.6. The fraction of sp³-hybridized carbons (Fsp3) is 0.393. The molecular weight excluding hydrogens is 430 g/mol. The van der Waals surface area contributed by atoms with E-state index in [1.165, 1.54) is 11.6 Å². The molecular formula is C28H31NO5. The summed E-state index contributed by atoms with van der Waals surface area (Å²) < 4.78 is 16.1. The van der Waals surface area contributed by atoms with E-state index in [9.17, 15) is 9.59 Å². The van der Waals surface area contributed by atoms with Crippen LogP contribution in [0.2, 0.25) is 0 Å². The zero-order valence-electron chi connectivity index (χ0n) is 20.6. The van der Waals surface area contributed by atoms with Gasteiger partial charge in [-0.25, -0.2) is 9.59 Å². The first-order valence-electron chi connectivity index (χ1n) is 11.3. The van der Waals surface area contributed by atoms with Gasteiger partial charge in [-0.15, -0.1) is 0 Å². The molecule has 1 atom stereocenters. The Hall–Kier alpha value is -3.59. The van der Waals surface area contributed by atoms with Crippen molar-refractivity contribution >= 4 is 16.9 Å². The van der Waals surface area contributed by atoms with E-state index in [2.05, 4.69) is 41.5 Å². The molecule has 6 heteroatoms. The predicted molar refractivity (Wildman–Crippen MR) is 131 cm³/mol. The summed E-state index contributed by atoms with van der Waals surface area (Å²) in [6.07, 6.45) is 1.05. The lowest BCUT2D eigenvalue weighted by molar-refractivity contribution is -0.136. The summed E-state index contributed by atoms with van der Waals surface area (Å²) in [7, 11) is 0. The van der Waals surface area contributed by atoms with Gasteiger partial charge in [-0.1, -0.05) is 53.7 Å². The van der Waals surface area contributed by atoms with E-state index in [0.29, 0.717) is 28.4 Å². The molecule has 1 aromatic heterocycles. The van der Waals surface area contributed by atoms with Gasteiger partial charge in [0.2, 0.25) is 0 Å². The van der Waals surface area contributed by atoms with Crippen molar-refractivity contribution in [2.24, 2.45) is 10.8 Å². The van der Waals surface area contributed by atoms with Gasteiger partial charge in [-0.2, -0.15) is 5.26 Å². The molecule has 0 bridgehead atoms. The number of fused-ring (bicyclic) bond motifs is 1. The number of ether oxygens (including phenoxy) is 2. The Morgan fingerprint density at radius 3 is 2.24 bits per heavy atom. The fourth-order valence-corrected chi connectivity index (χ4v) is 3.88. The van der Waals surface area contributed by atoms with E-state index in [1.807, 2.05) is 24.3 Å². The molecule has 0 spiro atoms. The molecule has 178 valence electrons. The molecule has 0 aliphatic carbocycles. The summed E-state index contributed by atoms with van der Waals surface area (Å²) in [6, 6.07) is 15.6. The highest BCUT2D eigenvalue weighted by Crippen LogP contribution is 2.43. The lowest BCUT2D eigenvalue weighted by Gasteiger charge is -2.36. The van der Waals surface area contributed by atoms with Crippen LogP contribution in [0.5, 0.6) is 11.5 Å². The van der Waals surface area contributed by atoms with Gasteiger partial charge < -0.3 is 13.9 Å². The Balaban J connectivity index is 1.64. The second kappa shape index (κ2) is 9.72. The third-order valence-corrected chi connectivity index (χ3v) is 5.56. The number of benzene rings is 2. The van der Waals surface area contributed by atoms with Crippen molar-refractivity contribution in [3.05, 3.63) is 70.1 Å². The maximum atomic E-state index is 12.3. The summed E-state index contributed by atoms with van der Waals surface area (Å²) in [5.74, 6) is 0.694. The predicted octanol–water partition coefficient (Wildman–Crippen LogP) is 6.21. The first kappa shape index (κ1) is 25.0. The van der Waals surface area contributed by atoms with Crippen LogP contribution in [0.25, 0.3) is 11.0 Å². The van der Waals surface area contributed by atoms with Crippen LogP contribution in [-0.2, 0) is 4.79 Å². The second-order valence-corrected chi connectivity index (χ2v) is 10.8.